The quantitative estimate of drug-likeness (QED) is 0.409. The summed E-state index contributed by atoms with van der Waals surface area (Å²) in [6.07, 6.45) is 10.7. The molecule has 0 aromatic rings. The molecule has 3 saturated carbocycles. The molecule has 7 nitrogen and oxygen atoms in total. The number of carbonyl (C=O) groups is 2. The third-order valence-electron chi connectivity index (χ3n) is 7.79. The molecule has 4 aliphatic rings. The highest BCUT2D eigenvalue weighted by Gasteiger charge is 2.58. The van der Waals surface area contributed by atoms with Crippen molar-refractivity contribution < 1.29 is 32.2 Å². The van der Waals surface area contributed by atoms with Crippen LogP contribution in [-0.2, 0) is 20.0 Å². The third kappa shape index (κ3) is 4.40. The van der Waals surface area contributed by atoms with Gasteiger partial charge in [-0.25, -0.2) is 0 Å². The second-order valence-corrected chi connectivity index (χ2v) is 9.92. The van der Waals surface area contributed by atoms with Crippen LogP contribution in [0.1, 0.15) is 65.2 Å². The molecule has 4 rings (SSSR count). The third-order valence-corrected chi connectivity index (χ3v) is 7.79. The number of hydrogen-bond donors (Lipinski definition) is 3. The van der Waals surface area contributed by atoms with Gasteiger partial charge >= 0.3 is 10.4 Å². The van der Waals surface area contributed by atoms with Gasteiger partial charge in [-0.1, -0.05) is 25.5 Å². The highest BCUT2D eigenvalue weighted by molar-refractivity contribution is 7.79. The number of Topliss-reactive ketones (excluding diaryl/α,β-unsaturated/α-hetero) is 1. The molecule has 0 aromatic carbocycles. The molecule has 28 heavy (non-hydrogen) atoms. The minimum atomic E-state index is -4.67. The Kier molecular flexibility index (Phi) is 6.91. The lowest BCUT2D eigenvalue weighted by molar-refractivity contribution is -0.132. The maximum absolute atomic E-state index is 12.4. The normalized spacial score (nSPS) is 41.8. The molecule has 0 spiro atoms. The van der Waals surface area contributed by atoms with Gasteiger partial charge in [-0.15, -0.1) is 0 Å². The van der Waals surface area contributed by atoms with Crippen molar-refractivity contribution in [3.63, 3.8) is 0 Å². The van der Waals surface area contributed by atoms with Crippen molar-refractivity contribution in [2.24, 2.45) is 28.6 Å². The Morgan fingerprint density at radius 2 is 1.57 bits per heavy atom. The number of hydrogen-bond acceptors (Lipinski definition) is 5. The fourth-order valence-electron chi connectivity index (χ4n) is 6.41. The maximum atomic E-state index is 12.4. The summed E-state index contributed by atoms with van der Waals surface area (Å²) < 4.78 is 31.6. The molecule has 6 atom stereocenters. The first-order valence-corrected chi connectivity index (χ1v) is 11.2. The Bertz CT molecular complexity index is 723. The van der Waals surface area contributed by atoms with Crippen molar-refractivity contribution in [2.45, 2.75) is 71.3 Å². The van der Waals surface area contributed by atoms with Gasteiger partial charge in [0.15, 0.2) is 0 Å². The SMILES string of the molecule is C=O.C[C@]12CC[C@H](O)CC1=CC[C@@H]1[C@@H]2CC[C@]2(C)C(=O)CC[C@@H]12.O=S(=O)(O)O. The van der Waals surface area contributed by atoms with Crippen molar-refractivity contribution in [3.8, 4) is 0 Å². The van der Waals surface area contributed by atoms with Crippen molar-refractivity contribution >= 4 is 23.0 Å². The monoisotopic (exact) mass is 416 g/mol. The molecule has 0 heterocycles. The van der Waals surface area contributed by atoms with E-state index in [4.69, 9.17) is 22.3 Å². The number of aliphatic hydroxyl groups is 1. The lowest BCUT2D eigenvalue weighted by atomic mass is 9.48. The fraction of sp³-hybridized carbons (Fsp3) is 0.800. The zero-order valence-corrected chi connectivity index (χ0v) is 17.5. The summed E-state index contributed by atoms with van der Waals surface area (Å²) in [5.41, 5.74) is 1.81. The minimum Gasteiger partial charge on any atom is -0.393 e. The summed E-state index contributed by atoms with van der Waals surface area (Å²) in [6.45, 7) is 6.69. The summed E-state index contributed by atoms with van der Waals surface area (Å²) in [6, 6.07) is 0. The van der Waals surface area contributed by atoms with E-state index >= 15 is 0 Å². The molecule has 3 fully saturated rings. The molecule has 0 radical (unpaired) electrons. The topological polar surface area (TPSA) is 129 Å². The second kappa shape index (κ2) is 8.34. The number of carbonyl (C=O) groups excluding carboxylic acids is 2. The molecule has 4 aliphatic carbocycles. The van der Waals surface area contributed by atoms with Gasteiger partial charge in [-0.05, 0) is 68.1 Å². The summed E-state index contributed by atoms with van der Waals surface area (Å²) in [7, 11) is -4.67. The Morgan fingerprint density at radius 3 is 2.18 bits per heavy atom. The lowest BCUT2D eigenvalue weighted by Gasteiger charge is -2.56. The standard InChI is InChI=1S/C19H28O2.CH2O.H2O4S/c1-18-9-7-13(20)11-12(18)3-4-14-15-5-6-17(21)19(15,2)10-8-16(14)18;1-2;1-5(2,3)4/h3,13-16,20H,4-11H2,1-2H3;1H2;(H2,1,2,3,4)/t13-,14-,15-,16-,18-,19-;;/m0../s1. The van der Waals surface area contributed by atoms with Crippen LogP contribution in [0.5, 0.6) is 0 Å². The number of rotatable bonds is 0. The van der Waals surface area contributed by atoms with Crippen molar-refractivity contribution in [1.29, 1.82) is 0 Å². The van der Waals surface area contributed by atoms with Crippen LogP contribution in [-0.4, -0.2) is 41.3 Å². The van der Waals surface area contributed by atoms with Crippen LogP contribution in [0.2, 0.25) is 0 Å². The van der Waals surface area contributed by atoms with Crippen molar-refractivity contribution in [2.75, 3.05) is 0 Å². The zero-order valence-electron chi connectivity index (χ0n) is 16.6. The molecule has 8 heteroatoms. The zero-order chi connectivity index (χ0) is 21.3. The first-order chi connectivity index (χ1) is 12.9. The average molecular weight is 417 g/mol. The Hall–Kier alpha value is -1.09. The largest absolute Gasteiger partial charge is 0.394 e. The van der Waals surface area contributed by atoms with E-state index in [2.05, 4.69) is 19.9 Å². The van der Waals surface area contributed by atoms with Gasteiger partial charge in [0.2, 0.25) is 0 Å². The first kappa shape index (κ1) is 23.2. The minimum absolute atomic E-state index is 0.0168. The van der Waals surface area contributed by atoms with Crippen LogP contribution >= 0.6 is 0 Å². The average Bonchev–Trinajstić information content (AvgIpc) is 2.91. The van der Waals surface area contributed by atoms with Gasteiger partial charge in [-0.3, -0.25) is 13.9 Å². The molecule has 0 bridgehead atoms. The molecule has 0 aliphatic heterocycles. The Morgan fingerprint density at radius 1 is 1.04 bits per heavy atom. The lowest BCUT2D eigenvalue weighted by Crippen LogP contribution is -2.50. The van der Waals surface area contributed by atoms with Crippen LogP contribution in [0.25, 0.3) is 0 Å². The molecule has 0 saturated heterocycles. The van der Waals surface area contributed by atoms with Gasteiger partial charge in [0.1, 0.15) is 12.6 Å². The molecule has 3 N–H and O–H groups in total. The van der Waals surface area contributed by atoms with Gasteiger partial charge in [0.05, 0.1) is 6.10 Å². The molecular formula is C20H32O7S. The van der Waals surface area contributed by atoms with E-state index in [1.165, 1.54) is 12.0 Å². The number of ketones is 1. The number of fused-ring (bicyclic) bond motifs is 5. The van der Waals surface area contributed by atoms with E-state index in [1.807, 2.05) is 6.79 Å². The van der Waals surface area contributed by atoms with E-state index < -0.39 is 10.4 Å². The number of aliphatic hydroxyl groups excluding tert-OH is 1. The van der Waals surface area contributed by atoms with Crippen LogP contribution < -0.4 is 0 Å². The highest BCUT2D eigenvalue weighted by Crippen LogP contribution is 2.63. The van der Waals surface area contributed by atoms with Crippen molar-refractivity contribution in [3.05, 3.63) is 11.6 Å². The predicted octanol–water partition coefficient (Wildman–Crippen LogP) is 3.04. The first-order valence-electron chi connectivity index (χ1n) is 9.85. The molecule has 0 amide bonds. The summed E-state index contributed by atoms with van der Waals surface area (Å²) >= 11 is 0. The molecule has 160 valence electrons. The molecular weight excluding hydrogens is 384 g/mol. The van der Waals surface area contributed by atoms with E-state index in [9.17, 15) is 9.90 Å². The van der Waals surface area contributed by atoms with E-state index in [1.54, 1.807) is 0 Å². The fourth-order valence-corrected chi connectivity index (χ4v) is 6.41. The predicted molar refractivity (Wildman–Crippen MR) is 104 cm³/mol. The highest BCUT2D eigenvalue weighted by atomic mass is 32.3. The van der Waals surface area contributed by atoms with Gasteiger partial charge in [0, 0.05) is 11.8 Å². The molecule has 0 aromatic heterocycles. The number of allylic oxidation sites excluding steroid dienone is 1. The Labute approximate surface area is 167 Å². The smallest absolute Gasteiger partial charge is 0.393 e. The van der Waals surface area contributed by atoms with E-state index in [0.717, 1.165) is 50.9 Å². The van der Waals surface area contributed by atoms with E-state index in [0.29, 0.717) is 23.0 Å². The van der Waals surface area contributed by atoms with Gasteiger partial charge in [-0.2, -0.15) is 8.42 Å². The van der Waals surface area contributed by atoms with Crippen LogP contribution in [0.15, 0.2) is 11.6 Å². The summed E-state index contributed by atoms with van der Waals surface area (Å²) in [4.78, 5) is 20.4. The van der Waals surface area contributed by atoms with Crippen LogP contribution in [0.3, 0.4) is 0 Å². The summed E-state index contributed by atoms with van der Waals surface area (Å²) in [5.74, 6) is 2.60. The second-order valence-electron chi connectivity index (χ2n) is 9.02. The maximum Gasteiger partial charge on any atom is 0.394 e. The van der Waals surface area contributed by atoms with Crippen molar-refractivity contribution in [1.82, 2.24) is 0 Å². The van der Waals surface area contributed by atoms with Crippen LogP contribution in [0.4, 0.5) is 0 Å². The molecule has 0 unspecified atom stereocenters. The van der Waals surface area contributed by atoms with E-state index in [-0.39, 0.29) is 11.5 Å². The Balaban J connectivity index is 0.000000352. The van der Waals surface area contributed by atoms with Crippen LogP contribution in [0, 0.1) is 28.6 Å². The van der Waals surface area contributed by atoms with Gasteiger partial charge in [0.25, 0.3) is 0 Å². The van der Waals surface area contributed by atoms with Gasteiger partial charge < -0.3 is 9.90 Å². The summed E-state index contributed by atoms with van der Waals surface area (Å²) in [5, 5.41) is 10.00.